The number of rotatable bonds is 1. The van der Waals surface area contributed by atoms with Gasteiger partial charge in [-0.25, -0.2) is 0 Å². The Morgan fingerprint density at radius 1 is 1.10 bits per heavy atom. The molecule has 1 aromatic carbocycles. The third kappa shape index (κ3) is 2.70. The third-order valence-electron chi connectivity index (χ3n) is 1.06. The van der Waals surface area contributed by atoms with Crippen molar-refractivity contribution >= 4 is 17.7 Å². The molecule has 0 spiro atoms. The van der Waals surface area contributed by atoms with Crippen molar-refractivity contribution in [1.29, 1.82) is 0 Å². The minimum absolute atomic E-state index is 0. The highest BCUT2D eigenvalue weighted by atomic mass is 35.5. The molecule has 0 nitrogen and oxygen atoms in total. The van der Waals surface area contributed by atoms with Crippen molar-refractivity contribution < 1.29 is 0 Å². The van der Waals surface area contributed by atoms with Crippen LogP contribution < -0.4 is 0 Å². The number of hydrogen-bond acceptors (Lipinski definition) is 0. The Hall–Kier alpha value is -0.750. The molecule has 0 heterocycles. The summed E-state index contributed by atoms with van der Waals surface area (Å²) in [7, 11) is 0. The molecule has 0 fully saturated rings. The standard InChI is InChI=1S/C8H7Cl.CH4/c9-7-6-8-4-2-1-3-5-8;/h1-7H;1H4. The lowest BCUT2D eigenvalue weighted by Crippen LogP contribution is -1.64. The predicted octanol–water partition coefficient (Wildman–Crippen LogP) is 3.53. The van der Waals surface area contributed by atoms with E-state index in [4.69, 9.17) is 11.6 Å². The third-order valence-corrected chi connectivity index (χ3v) is 1.18. The molecule has 1 heteroatoms. The van der Waals surface area contributed by atoms with Gasteiger partial charge < -0.3 is 0 Å². The van der Waals surface area contributed by atoms with Crippen molar-refractivity contribution in [3.8, 4) is 0 Å². The Bertz CT molecular complexity index is 189. The van der Waals surface area contributed by atoms with E-state index in [0.29, 0.717) is 0 Å². The van der Waals surface area contributed by atoms with Gasteiger partial charge in [0.2, 0.25) is 0 Å². The lowest BCUT2D eigenvalue weighted by atomic mass is 10.2. The number of halogens is 1. The first-order valence-electron chi connectivity index (χ1n) is 2.75. The monoisotopic (exact) mass is 154 g/mol. The first kappa shape index (κ1) is 9.25. The van der Waals surface area contributed by atoms with Crippen LogP contribution in [0.15, 0.2) is 35.9 Å². The summed E-state index contributed by atoms with van der Waals surface area (Å²) in [6.07, 6.45) is 1.85. The van der Waals surface area contributed by atoms with Crippen molar-refractivity contribution in [2.24, 2.45) is 0 Å². The fourth-order valence-corrected chi connectivity index (χ4v) is 0.782. The molecule has 1 rings (SSSR count). The molecule has 10 heavy (non-hydrogen) atoms. The Kier molecular flexibility index (Phi) is 4.69. The van der Waals surface area contributed by atoms with Gasteiger partial charge in [-0.3, -0.25) is 0 Å². The van der Waals surface area contributed by atoms with Gasteiger partial charge in [0.1, 0.15) is 0 Å². The molecule has 0 N–H and O–H groups in total. The Balaban J connectivity index is 0.000000810. The van der Waals surface area contributed by atoms with Crippen LogP contribution in [0.2, 0.25) is 0 Å². The summed E-state index contributed by atoms with van der Waals surface area (Å²) in [5, 5.41) is 0. The summed E-state index contributed by atoms with van der Waals surface area (Å²) in [6.45, 7) is 0. The Morgan fingerprint density at radius 3 is 2.20 bits per heavy atom. The highest BCUT2D eigenvalue weighted by molar-refractivity contribution is 6.27. The van der Waals surface area contributed by atoms with Gasteiger partial charge in [-0.05, 0) is 11.6 Å². The maximum absolute atomic E-state index is 5.36. The molecule has 0 radical (unpaired) electrons. The van der Waals surface area contributed by atoms with E-state index < -0.39 is 0 Å². The van der Waals surface area contributed by atoms with E-state index in [1.807, 2.05) is 36.4 Å². The van der Waals surface area contributed by atoms with Gasteiger partial charge in [-0.15, -0.1) is 0 Å². The smallest absolute Gasteiger partial charge is 0.00484 e. The van der Waals surface area contributed by atoms with Gasteiger partial charge in [0.15, 0.2) is 0 Å². The highest BCUT2D eigenvalue weighted by Crippen LogP contribution is 2.00. The van der Waals surface area contributed by atoms with E-state index in [-0.39, 0.29) is 7.43 Å². The summed E-state index contributed by atoms with van der Waals surface area (Å²) in [5.41, 5.74) is 2.64. The van der Waals surface area contributed by atoms with Gasteiger partial charge in [-0.2, -0.15) is 0 Å². The summed E-state index contributed by atoms with van der Waals surface area (Å²) in [5.74, 6) is 0. The zero-order valence-corrected chi connectivity index (χ0v) is 5.68. The lowest BCUT2D eigenvalue weighted by molar-refractivity contribution is 1.66. The maximum Gasteiger partial charge on any atom is 0.00484 e. The topological polar surface area (TPSA) is 0 Å². The molecule has 0 aliphatic rings. The number of benzene rings is 1. The minimum atomic E-state index is 0. The molecular formula is C9H11Cl. The quantitative estimate of drug-likeness (QED) is 0.581. The zero-order chi connectivity index (χ0) is 6.53. The average molecular weight is 155 g/mol. The Morgan fingerprint density at radius 2 is 1.70 bits per heavy atom. The lowest BCUT2D eigenvalue weighted by Gasteiger charge is -1.86. The summed E-state index contributed by atoms with van der Waals surface area (Å²) < 4.78 is 0. The van der Waals surface area contributed by atoms with Crippen LogP contribution in [-0.2, 0) is 0 Å². The fraction of sp³-hybridized carbons (Fsp3) is 0.111. The normalized spacial score (nSPS) is 9.30. The van der Waals surface area contributed by atoms with Crippen LogP contribution in [-0.4, -0.2) is 0 Å². The van der Waals surface area contributed by atoms with E-state index in [1.165, 1.54) is 5.54 Å². The molecule has 0 aliphatic heterocycles. The van der Waals surface area contributed by atoms with Crippen LogP contribution in [0.4, 0.5) is 0 Å². The second-order valence-electron chi connectivity index (χ2n) is 1.70. The predicted molar refractivity (Wildman–Crippen MR) is 48.1 cm³/mol. The van der Waals surface area contributed by atoms with Crippen LogP contribution in [0.25, 0.3) is 6.08 Å². The molecule has 0 unspecified atom stereocenters. The van der Waals surface area contributed by atoms with E-state index >= 15 is 0 Å². The largest absolute Gasteiger partial charge is 0.0929 e. The van der Waals surface area contributed by atoms with Crippen molar-refractivity contribution in [2.45, 2.75) is 7.43 Å². The molecule has 0 saturated heterocycles. The summed E-state index contributed by atoms with van der Waals surface area (Å²) >= 11 is 5.36. The second-order valence-corrected chi connectivity index (χ2v) is 1.96. The first-order chi connectivity index (χ1) is 4.43. The van der Waals surface area contributed by atoms with Gasteiger partial charge in [0.05, 0.1) is 0 Å². The first-order valence-corrected chi connectivity index (χ1v) is 3.19. The van der Waals surface area contributed by atoms with Crippen LogP contribution >= 0.6 is 11.6 Å². The van der Waals surface area contributed by atoms with E-state index in [9.17, 15) is 0 Å². The van der Waals surface area contributed by atoms with Crippen LogP contribution in [0, 0.1) is 0 Å². The molecular weight excluding hydrogens is 144 g/mol. The number of hydrogen-bond donors (Lipinski definition) is 0. The van der Waals surface area contributed by atoms with Crippen LogP contribution in [0.3, 0.4) is 0 Å². The molecule has 0 amide bonds. The zero-order valence-electron chi connectivity index (χ0n) is 4.92. The molecule has 0 aliphatic carbocycles. The van der Waals surface area contributed by atoms with Crippen molar-refractivity contribution in [3.05, 3.63) is 41.4 Å². The van der Waals surface area contributed by atoms with Gasteiger partial charge in [0.25, 0.3) is 0 Å². The molecule has 0 bridgehead atoms. The van der Waals surface area contributed by atoms with Crippen LogP contribution in [0.5, 0.6) is 0 Å². The van der Waals surface area contributed by atoms with E-state index in [1.54, 1.807) is 0 Å². The fourth-order valence-electron chi connectivity index (χ4n) is 0.637. The summed E-state index contributed by atoms with van der Waals surface area (Å²) in [6, 6.07) is 9.93. The molecule has 0 saturated carbocycles. The summed E-state index contributed by atoms with van der Waals surface area (Å²) in [4.78, 5) is 0. The SMILES string of the molecule is C.ClC=Cc1ccccc1. The molecule has 54 valence electrons. The highest BCUT2D eigenvalue weighted by Gasteiger charge is 1.78. The molecule has 1 aromatic rings. The van der Waals surface area contributed by atoms with Crippen molar-refractivity contribution in [2.75, 3.05) is 0 Å². The maximum atomic E-state index is 5.36. The van der Waals surface area contributed by atoms with E-state index in [2.05, 4.69) is 0 Å². The van der Waals surface area contributed by atoms with Gasteiger partial charge in [0, 0.05) is 5.54 Å². The van der Waals surface area contributed by atoms with Crippen LogP contribution in [0.1, 0.15) is 13.0 Å². The molecule has 0 atom stereocenters. The molecule has 0 aromatic heterocycles. The minimum Gasteiger partial charge on any atom is -0.0929 e. The van der Waals surface area contributed by atoms with Gasteiger partial charge >= 0.3 is 0 Å². The van der Waals surface area contributed by atoms with E-state index in [0.717, 1.165) is 5.56 Å². The second kappa shape index (κ2) is 5.07. The average Bonchev–Trinajstić information content (AvgIpc) is 1.91. The van der Waals surface area contributed by atoms with Crippen molar-refractivity contribution in [1.82, 2.24) is 0 Å². The van der Waals surface area contributed by atoms with Gasteiger partial charge in [-0.1, -0.05) is 49.4 Å². The van der Waals surface area contributed by atoms with Crippen molar-refractivity contribution in [3.63, 3.8) is 0 Å². The Labute approximate surface area is 67.1 Å².